The van der Waals surface area contributed by atoms with Gasteiger partial charge in [0.05, 0.1) is 11.4 Å². The Balaban J connectivity index is 1.81. The van der Waals surface area contributed by atoms with Gasteiger partial charge in [-0.15, -0.1) is 11.3 Å². The number of aryl methyl sites for hydroxylation is 1. The molecule has 2 unspecified atom stereocenters. The zero-order valence-corrected chi connectivity index (χ0v) is 13.5. The van der Waals surface area contributed by atoms with Gasteiger partial charge >= 0.3 is 0 Å². The Morgan fingerprint density at radius 2 is 2.24 bits per heavy atom. The average molecular weight is 326 g/mol. The monoisotopic (exact) mass is 325 g/mol. The third-order valence-electron chi connectivity index (χ3n) is 3.96. The minimum absolute atomic E-state index is 0.00488. The predicted octanol–water partition coefficient (Wildman–Crippen LogP) is 4.89. The van der Waals surface area contributed by atoms with Crippen LogP contribution in [0.3, 0.4) is 0 Å². The van der Waals surface area contributed by atoms with Crippen molar-refractivity contribution in [2.45, 2.75) is 31.8 Å². The lowest BCUT2D eigenvalue weighted by Crippen LogP contribution is -2.23. The molecule has 112 valence electrons. The summed E-state index contributed by atoms with van der Waals surface area (Å²) in [5.74, 6) is 0.461. The molecular formula is C16H17ClFNOS. The molecule has 1 aliphatic rings. The van der Waals surface area contributed by atoms with E-state index >= 15 is 0 Å². The number of hydrogen-bond acceptors (Lipinski definition) is 3. The van der Waals surface area contributed by atoms with Crippen LogP contribution in [0.5, 0.6) is 5.75 Å². The van der Waals surface area contributed by atoms with Gasteiger partial charge in [-0.2, -0.15) is 0 Å². The van der Waals surface area contributed by atoms with Crippen LogP contribution in [0.25, 0.3) is 0 Å². The second-order valence-corrected chi connectivity index (χ2v) is 7.06. The molecule has 2 aromatic rings. The van der Waals surface area contributed by atoms with Crippen molar-refractivity contribution in [2.75, 3.05) is 7.11 Å². The van der Waals surface area contributed by atoms with Crippen molar-refractivity contribution in [3.05, 3.63) is 50.4 Å². The average Bonchev–Trinajstić information content (AvgIpc) is 2.99. The van der Waals surface area contributed by atoms with Gasteiger partial charge in [0.2, 0.25) is 0 Å². The van der Waals surface area contributed by atoms with Gasteiger partial charge in [0.1, 0.15) is 11.6 Å². The SMILES string of the molecule is COc1ccc(F)cc1C(C)NC1CCc2sc(Cl)cc21. The quantitative estimate of drug-likeness (QED) is 0.864. The largest absolute Gasteiger partial charge is 0.496 e. The Bertz CT molecular complexity index is 658. The van der Waals surface area contributed by atoms with Crippen LogP contribution in [0, 0.1) is 5.82 Å². The first-order valence-corrected chi connectivity index (χ1v) is 8.15. The number of thiophene rings is 1. The van der Waals surface area contributed by atoms with Gasteiger partial charge in [0, 0.05) is 22.5 Å². The molecule has 5 heteroatoms. The van der Waals surface area contributed by atoms with E-state index in [0.717, 1.165) is 22.7 Å². The van der Waals surface area contributed by atoms with Crippen molar-refractivity contribution in [1.29, 1.82) is 0 Å². The molecule has 0 radical (unpaired) electrons. The fraction of sp³-hybridized carbons (Fsp3) is 0.375. The van der Waals surface area contributed by atoms with E-state index in [1.165, 1.54) is 22.6 Å². The Morgan fingerprint density at radius 1 is 1.43 bits per heavy atom. The summed E-state index contributed by atoms with van der Waals surface area (Å²) in [5.41, 5.74) is 2.12. The van der Waals surface area contributed by atoms with Crippen molar-refractivity contribution >= 4 is 22.9 Å². The Labute approximate surface area is 132 Å². The number of rotatable bonds is 4. The molecule has 0 saturated carbocycles. The van der Waals surface area contributed by atoms with Gasteiger partial charge in [-0.25, -0.2) is 4.39 Å². The molecule has 0 amide bonds. The van der Waals surface area contributed by atoms with Crippen LogP contribution in [0.1, 0.15) is 41.4 Å². The van der Waals surface area contributed by atoms with Crippen LogP contribution < -0.4 is 10.1 Å². The minimum atomic E-state index is -0.245. The molecule has 3 rings (SSSR count). The number of methoxy groups -OCH3 is 1. The van der Waals surface area contributed by atoms with Crippen molar-refractivity contribution < 1.29 is 9.13 Å². The lowest BCUT2D eigenvalue weighted by molar-refractivity contribution is 0.391. The van der Waals surface area contributed by atoms with Crippen LogP contribution in [0.15, 0.2) is 24.3 Å². The minimum Gasteiger partial charge on any atom is -0.496 e. The third kappa shape index (κ3) is 2.93. The number of benzene rings is 1. The molecule has 0 aliphatic heterocycles. The summed E-state index contributed by atoms with van der Waals surface area (Å²) in [6.07, 6.45) is 2.11. The molecule has 0 fully saturated rings. The third-order valence-corrected chi connectivity index (χ3v) is 5.30. The molecule has 1 aromatic carbocycles. The summed E-state index contributed by atoms with van der Waals surface area (Å²) in [5, 5.41) is 3.57. The van der Waals surface area contributed by atoms with Crippen LogP contribution in [-0.4, -0.2) is 7.11 Å². The second-order valence-electron chi connectivity index (χ2n) is 5.29. The highest BCUT2D eigenvalue weighted by atomic mass is 35.5. The van der Waals surface area contributed by atoms with E-state index in [1.54, 1.807) is 24.5 Å². The number of nitrogens with one attached hydrogen (secondary N) is 1. The van der Waals surface area contributed by atoms with Gasteiger partial charge in [0.15, 0.2) is 0 Å². The smallest absolute Gasteiger partial charge is 0.123 e. The molecule has 0 bridgehead atoms. The molecule has 0 saturated heterocycles. The van der Waals surface area contributed by atoms with Gasteiger partial charge in [-0.05, 0) is 49.6 Å². The molecule has 2 nitrogen and oxygen atoms in total. The van der Waals surface area contributed by atoms with Crippen molar-refractivity contribution in [1.82, 2.24) is 5.32 Å². The second kappa shape index (κ2) is 5.95. The van der Waals surface area contributed by atoms with E-state index in [1.807, 2.05) is 13.0 Å². The van der Waals surface area contributed by atoms with Crippen LogP contribution in [0.2, 0.25) is 4.34 Å². The van der Waals surface area contributed by atoms with E-state index in [4.69, 9.17) is 16.3 Å². The molecule has 1 aliphatic carbocycles. The van der Waals surface area contributed by atoms with Crippen molar-refractivity contribution in [3.8, 4) is 5.75 Å². The van der Waals surface area contributed by atoms with Crippen LogP contribution in [0.4, 0.5) is 4.39 Å². The first kappa shape index (κ1) is 14.8. The molecule has 1 aromatic heterocycles. The Kier molecular flexibility index (Phi) is 4.20. The summed E-state index contributed by atoms with van der Waals surface area (Å²) < 4.78 is 19.7. The summed E-state index contributed by atoms with van der Waals surface area (Å²) >= 11 is 7.74. The summed E-state index contributed by atoms with van der Waals surface area (Å²) in [7, 11) is 1.61. The zero-order valence-electron chi connectivity index (χ0n) is 12.0. The molecule has 21 heavy (non-hydrogen) atoms. The molecule has 0 spiro atoms. The van der Waals surface area contributed by atoms with Crippen molar-refractivity contribution in [2.24, 2.45) is 0 Å². The topological polar surface area (TPSA) is 21.3 Å². The number of halogens is 2. The highest BCUT2D eigenvalue weighted by Gasteiger charge is 2.27. The molecule has 2 atom stereocenters. The van der Waals surface area contributed by atoms with E-state index in [-0.39, 0.29) is 17.9 Å². The summed E-state index contributed by atoms with van der Waals surface area (Å²) in [6, 6.07) is 6.94. The maximum Gasteiger partial charge on any atom is 0.123 e. The van der Waals surface area contributed by atoms with E-state index < -0.39 is 0 Å². The summed E-state index contributed by atoms with van der Waals surface area (Å²) in [6.45, 7) is 2.03. The van der Waals surface area contributed by atoms with E-state index in [9.17, 15) is 4.39 Å². The highest BCUT2D eigenvalue weighted by molar-refractivity contribution is 7.16. The number of hydrogen-bond donors (Lipinski definition) is 1. The zero-order chi connectivity index (χ0) is 15.0. The first-order valence-electron chi connectivity index (χ1n) is 6.96. The van der Waals surface area contributed by atoms with Gasteiger partial charge in [-0.1, -0.05) is 11.6 Å². The van der Waals surface area contributed by atoms with Crippen LogP contribution >= 0.6 is 22.9 Å². The Morgan fingerprint density at radius 3 is 3.00 bits per heavy atom. The summed E-state index contributed by atoms with van der Waals surface area (Å²) in [4.78, 5) is 1.36. The lowest BCUT2D eigenvalue weighted by atomic mass is 10.0. The van der Waals surface area contributed by atoms with E-state index in [0.29, 0.717) is 5.75 Å². The van der Waals surface area contributed by atoms with Gasteiger partial charge < -0.3 is 10.1 Å². The van der Waals surface area contributed by atoms with Gasteiger partial charge in [-0.3, -0.25) is 0 Å². The lowest BCUT2D eigenvalue weighted by Gasteiger charge is -2.22. The highest BCUT2D eigenvalue weighted by Crippen LogP contribution is 2.40. The normalized spacial score (nSPS) is 18.6. The first-order chi connectivity index (χ1) is 10.1. The molecule has 1 heterocycles. The number of fused-ring (bicyclic) bond motifs is 1. The fourth-order valence-corrected chi connectivity index (χ4v) is 4.30. The van der Waals surface area contributed by atoms with Crippen LogP contribution in [-0.2, 0) is 6.42 Å². The molecule has 1 N–H and O–H groups in total. The standard InChI is InChI=1S/C16H17ClFNOS/c1-9(11-7-10(18)3-5-14(11)20-2)19-13-4-6-15-12(13)8-16(17)21-15/h3,5,7-9,13,19H,4,6H2,1-2H3. The number of ether oxygens (including phenoxy) is 1. The fourth-order valence-electron chi connectivity index (χ4n) is 2.94. The van der Waals surface area contributed by atoms with E-state index in [2.05, 4.69) is 5.32 Å². The van der Waals surface area contributed by atoms with Crippen molar-refractivity contribution in [3.63, 3.8) is 0 Å². The Hall–Kier alpha value is -1.10. The predicted molar refractivity (Wildman–Crippen MR) is 84.9 cm³/mol. The van der Waals surface area contributed by atoms with Gasteiger partial charge in [0.25, 0.3) is 0 Å². The molecular weight excluding hydrogens is 309 g/mol. The maximum atomic E-state index is 13.5. The maximum absolute atomic E-state index is 13.5.